The molecule has 10 heteroatoms. The van der Waals surface area contributed by atoms with Crippen molar-refractivity contribution in [1.29, 1.82) is 0 Å². The minimum atomic E-state index is -2.82. The molecule has 0 aromatic heterocycles. The van der Waals surface area contributed by atoms with E-state index < -0.39 is 20.6 Å². The summed E-state index contributed by atoms with van der Waals surface area (Å²) in [7, 11) is -1.78. The molecular formula is C16H33IN4O3S2. The SMILES string of the molecule is CCS(=O)C1CCCC(NC(=NC)NCCN2CCS(=O)(=O)CC2)C1.I. The van der Waals surface area contributed by atoms with Gasteiger partial charge < -0.3 is 10.6 Å². The first kappa shape index (κ1) is 24.1. The van der Waals surface area contributed by atoms with Crippen LogP contribution in [0, 0.1) is 0 Å². The van der Waals surface area contributed by atoms with Gasteiger partial charge in [-0.05, 0) is 19.3 Å². The topological polar surface area (TPSA) is 90.9 Å². The molecule has 1 saturated heterocycles. The van der Waals surface area contributed by atoms with Crippen LogP contribution in [0.1, 0.15) is 32.6 Å². The molecule has 0 spiro atoms. The molecule has 0 aromatic carbocycles. The Balaban J connectivity index is 0.00000338. The van der Waals surface area contributed by atoms with Crippen molar-refractivity contribution < 1.29 is 12.6 Å². The Kier molecular flexibility index (Phi) is 10.9. The van der Waals surface area contributed by atoms with E-state index in [0.717, 1.165) is 50.5 Å². The predicted octanol–water partition coefficient (Wildman–Crippen LogP) is 0.580. The van der Waals surface area contributed by atoms with Crippen LogP contribution in [0.3, 0.4) is 0 Å². The van der Waals surface area contributed by atoms with Gasteiger partial charge in [0.2, 0.25) is 0 Å². The number of nitrogens with zero attached hydrogens (tertiary/aromatic N) is 2. The van der Waals surface area contributed by atoms with E-state index >= 15 is 0 Å². The highest BCUT2D eigenvalue weighted by Crippen LogP contribution is 2.22. The maximum Gasteiger partial charge on any atom is 0.191 e. The average Bonchev–Trinajstić information content (AvgIpc) is 2.61. The van der Waals surface area contributed by atoms with Crippen molar-refractivity contribution in [2.24, 2.45) is 4.99 Å². The Morgan fingerprint density at radius 3 is 2.58 bits per heavy atom. The van der Waals surface area contributed by atoms with Crippen molar-refractivity contribution in [3.8, 4) is 0 Å². The van der Waals surface area contributed by atoms with E-state index in [2.05, 4.69) is 20.5 Å². The molecule has 154 valence electrons. The third-order valence-corrected chi connectivity index (χ3v) is 8.35. The van der Waals surface area contributed by atoms with Gasteiger partial charge in [0.05, 0.1) is 11.5 Å². The lowest BCUT2D eigenvalue weighted by atomic mass is 9.95. The number of rotatable bonds is 6. The van der Waals surface area contributed by atoms with E-state index in [1.807, 2.05) is 6.92 Å². The summed E-state index contributed by atoms with van der Waals surface area (Å²) in [6, 6.07) is 0.320. The first-order valence-electron chi connectivity index (χ1n) is 9.20. The van der Waals surface area contributed by atoms with Gasteiger partial charge in [-0.1, -0.05) is 13.3 Å². The third kappa shape index (κ3) is 7.97. The van der Waals surface area contributed by atoms with Gasteiger partial charge in [-0.25, -0.2) is 8.42 Å². The molecule has 7 nitrogen and oxygen atoms in total. The fourth-order valence-electron chi connectivity index (χ4n) is 3.44. The molecule has 1 aliphatic heterocycles. The zero-order valence-electron chi connectivity index (χ0n) is 15.8. The molecule has 1 aliphatic carbocycles. The van der Waals surface area contributed by atoms with Gasteiger partial charge in [0.25, 0.3) is 0 Å². The maximum absolute atomic E-state index is 12.0. The number of hydrogen-bond donors (Lipinski definition) is 2. The molecule has 1 heterocycles. The molecule has 0 aromatic rings. The Morgan fingerprint density at radius 2 is 1.96 bits per heavy atom. The van der Waals surface area contributed by atoms with E-state index in [9.17, 15) is 12.6 Å². The lowest BCUT2D eigenvalue weighted by molar-refractivity contribution is 0.299. The van der Waals surface area contributed by atoms with Gasteiger partial charge >= 0.3 is 0 Å². The van der Waals surface area contributed by atoms with Crippen molar-refractivity contribution in [3.05, 3.63) is 0 Å². The lowest BCUT2D eigenvalue weighted by Gasteiger charge is -2.30. The van der Waals surface area contributed by atoms with Gasteiger partial charge in [0.15, 0.2) is 15.8 Å². The summed E-state index contributed by atoms with van der Waals surface area (Å²) in [5.74, 6) is 2.03. The highest BCUT2D eigenvalue weighted by molar-refractivity contribution is 14.0. The van der Waals surface area contributed by atoms with Gasteiger partial charge in [-0.15, -0.1) is 24.0 Å². The fourth-order valence-corrected chi connectivity index (χ4v) is 6.07. The Hall–Kier alpha value is 0.0600. The van der Waals surface area contributed by atoms with Gasteiger partial charge in [-0.3, -0.25) is 14.1 Å². The first-order valence-corrected chi connectivity index (χ1v) is 12.4. The van der Waals surface area contributed by atoms with E-state index in [1.54, 1.807) is 7.05 Å². The number of hydrogen-bond acceptors (Lipinski definition) is 5. The highest BCUT2D eigenvalue weighted by atomic mass is 127. The van der Waals surface area contributed by atoms with Crippen LogP contribution >= 0.6 is 24.0 Å². The minimum absolute atomic E-state index is 0. The molecule has 0 bridgehead atoms. The minimum Gasteiger partial charge on any atom is -0.355 e. The molecular weight excluding hydrogens is 487 g/mol. The molecule has 26 heavy (non-hydrogen) atoms. The van der Waals surface area contributed by atoms with Gasteiger partial charge in [0.1, 0.15) is 0 Å². The summed E-state index contributed by atoms with van der Waals surface area (Å²) < 4.78 is 34.9. The summed E-state index contributed by atoms with van der Waals surface area (Å²) in [5.41, 5.74) is 0. The second-order valence-electron chi connectivity index (χ2n) is 6.79. The van der Waals surface area contributed by atoms with Crippen LogP contribution in [0.5, 0.6) is 0 Å². The quantitative estimate of drug-likeness (QED) is 0.303. The second kappa shape index (κ2) is 11.8. The summed E-state index contributed by atoms with van der Waals surface area (Å²) in [4.78, 5) is 6.45. The maximum atomic E-state index is 12.0. The number of aliphatic imine (C=N–C) groups is 1. The van der Waals surface area contributed by atoms with Crippen molar-refractivity contribution >= 4 is 50.6 Å². The molecule has 1 saturated carbocycles. The van der Waals surface area contributed by atoms with Crippen LogP contribution < -0.4 is 10.6 Å². The van der Waals surface area contributed by atoms with Gasteiger partial charge in [0, 0.05) is 61.1 Å². The molecule has 2 fully saturated rings. The normalized spacial score (nSPS) is 28.0. The Bertz CT molecular complexity index is 572. The standard InChI is InChI=1S/C16H32N4O3S2.HI/c1-3-24(21)15-6-4-5-14(13-15)19-16(17-2)18-7-8-20-9-11-25(22,23)12-10-20;/h14-15H,3-13H2,1-2H3,(H2,17,18,19);1H. The van der Waals surface area contributed by atoms with Crippen molar-refractivity contribution in [1.82, 2.24) is 15.5 Å². The molecule has 2 rings (SSSR count). The zero-order valence-corrected chi connectivity index (χ0v) is 19.7. The Morgan fingerprint density at radius 1 is 1.27 bits per heavy atom. The van der Waals surface area contributed by atoms with Gasteiger partial charge in [-0.2, -0.15) is 0 Å². The van der Waals surface area contributed by atoms with E-state index in [1.165, 1.54) is 0 Å². The lowest BCUT2D eigenvalue weighted by Crippen LogP contribution is -2.49. The van der Waals surface area contributed by atoms with Crippen LogP contribution in [0.15, 0.2) is 4.99 Å². The molecule has 3 atom stereocenters. The van der Waals surface area contributed by atoms with Crippen LogP contribution in [0.25, 0.3) is 0 Å². The van der Waals surface area contributed by atoms with Crippen LogP contribution in [0.2, 0.25) is 0 Å². The molecule has 3 unspecified atom stereocenters. The van der Waals surface area contributed by atoms with E-state index in [-0.39, 0.29) is 35.5 Å². The smallest absolute Gasteiger partial charge is 0.191 e. The predicted molar refractivity (Wildman–Crippen MR) is 120 cm³/mol. The van der Waals surface area contributed by atoms with E-state index in [4.69, 9.17) is 0 Å². The molecule has 0 radical (unpaired) electrons. The largest absolute Gasteiger partial charge is 0.355 e. The summed E-state index contributed by atoms with van der Waals surface area (Å²) in [5, 5.41) is 7.07. The number of guanidine groups is 1. The Labute approximate surface area is 177 Å². The van der Waals surface area contributed by atoms with Crippen molar-refractivity contribution in [2.75, 3.05) is 50.5 Å². The molecule has 0 amide bonds. The van der Waals surface area contributed by atoms with E-state index in [0.29, 0.717) is 24.4 Å². The second-order valence-corrected chi connectivity index (χ2v) is 11.1. The first-order chi connectivity index (χ1) is 11.9. The third-order valence-electron chi connectivity index (χ3n) is 5.00. The highest BCUT2D eigenvalue weighted by Gasteiger charge is 2.26. The molecule has 2 N–H and O–H groups in total. The van der Waals surface area contributed by atoms with Crippen molar-refractivity contribution in [3.63, 3.8) is 0 Å². The number of sulfone groups is 1. The van der Waals surface area contributed by atoms with Crippen LogP contribution in [0.4, 0.5) is 0 Å². The molecule has 2 aliphatic rings. The zero-order chi connectivity index (χ0) is 18.3. The monoisotopic (exact) mass is 520 g/mol. The number of nitrogens with one attached hydrogen (secondary N) is 2. The number of halogens is 1. The van der Waals surface area contributed by atoms with Crippen molar-refractivity contribution in [2.45, 2.75) is 43.9 Å². The fraction of sp³-hybridized carbons (Fsp3) is 0.938. The summed E-state index contributed by atoms with van der Waals surface area (Å²) in [6.45, 7) is 4.76. The summed E-state index contributed by atoms with van der Waals surface area (Å²) >= 11 is 0. The average molecular weight is 521 g/mol. The van der Waals surface area contributed by atoms with Crippen LogP contribution in [-0.4, -0.2) is 85.3 Å². The summed E-state index contributed by atoms with van der Waals surface area (Å²) in [6.07, 6.45) is 4.18. The van der Waals surface area contributed by atoms with Crippen LogP contribution in [-0.2, 0) is 20.6 Å².